The van der Waals surface area contributed by atoms with Crippen molar-refractivity contribution in [1.29, 1.82) is 0 Å². The molecule has 0 saturated heterocycles. The van der Waals surface area contributed by atoms with Crippen LogP contribution >= 0.6 is 0 Å². The molecule has 0 aromatic carbocycles. The normalized spacial score (nSPS) is 15.3. The molecule has 0 N–H and O–H groups in total. The van der Waals surface area contributed by atoms with Gasteiger partial charge in [0.25, 0.3) is 0 Å². The number of rotatable bonds is 12. The monoisotopic (exact) mass is 297 g/mol. The molecule has 0 aliphatic rings. The van der Waals surface area contributed by atoms with E-state index in [-0.39, 0.29) is 0 Å². The van der Waals surface area contributed by atoms with E-state index in [9.17, 15) is 0 Å². The summed E-state index contributed by atoms with van der Waals surface area (Å²) in [5.74, 6) is 0.671. The molecule has 0 saturated carbocycles. The van der Waals surface area contributed by atoms with Crippen molar-refractivity contribution in [2.75, 3.05) is 13.1 Å². The van der Waals surface area contributed by atoms with Crippen LogP contribution in [0.2, 0.25) is 0 Å². The van der Waals surface area contributed by atoms with Gasteiger partial charge in [-0.25, -0.2) is 0 Å². The Kier molecular flexibility index (Phi) is 11.8. The predicted octanol–water partition coefficient (Wildman–Crippen LogP) is 5.63. The van der Waals surface area contributed by atoms with Crippen LogP contribution in [0.4, 0.5) is 0 Å². The van der Waals surface area contributed by atoms with Crippen molar-refractivity contribution < 1.29 is 4.74 Å². The third-order valence-corrected chi connectivity index (χ3v) is 4.08. The lowest BCUT2D eigenvalue weighted by Gasteiger charge is -2.30. The van der Waals surface area contributed by atoms with Gasteiger partial charge in [-0.3, -0.25) is 0 Å². The highest BCUT2D eigenvalue weighted by Gasteiger charge is 2.14. The zero-order valence-corrected chi connectivity index (χ0v) is 15.6. The molecule has 2 heteroatoms. The van der Waals surface area contributed by atoms with E-state index < -0.39 is 0 Å². The van der Waals surface area contributed by atoms with Gasteiger partial charge in [-0.1, -0.05) is 47.1 Å². The van der Waals surface area contributed by atoms with Gasteiger partial charge in [-0.2, -0.15) is 0 Å². The van der Waals surface area contributed by atoms with Crippen molar-refractivity contribution in [3.05, 3.63) is 11.8 Å². The third-order valence-electron chi connectivity index (χ3n) is 4.08. The van der Waals surface area contributed by atoms with Crippen LogP contribution in [-0.4, -0.2) is 30.2 Å². The van der Waals surface area contributed by atoms with Crippen LogP contribution < -0.4 is 0 Å². The van der Waals surface area contributed by atoms with Crippen LogP contribution in [0.3, 0.4) is 0 Å². The van der Waals surface area contributed by atoms with E-state index in [0.29, 0.717) is 18.1 Å². The zero-order chi connectivity index (χ0) is 16.3. The molecule has 2 unspecified atom stereocenters. The minimum Gasteiger partial charge on any atom is -0.373 e. The predicted molar refractivity (Wildman–Crippen MR) is 94.6 cm³/mol. The molecule has 21 heavy (non-hydrogen) atoms. The summed E-state index contributed by atoms with van der Waals surface area (Å²) in [5, 5.41) is 0. The Labute approximate surface area is 133 Å². The first-order chi connectivity index (χ1) is 9.98. The summed E-state index contributed by atoms with van der Waals surface area (Å²) in [5.41, 5.74) is 1.41. The Balaban J connectivity index is 4.59. The summed E-state index contributed by atoms with van der Waals surface area (Å²) in [7, 11) is 0. The quantitative estimate of drug-likeness (QED) is 0.463. The van der Waals surface area contributed by atoms with Crippen molar-refractivity contribution in [2.24, 2.45) is 5.92 Å². The van der Waals surface area contributed by atoms with Gasteiger partial charge in [0.2, 0.25) is 0 Å². The lowest BCUT2D eigenvalue weighted by atomic mass is 10.0. The summed E-state index contributed by atoms with van der Waals surface area (Å²) in [6.45, 7) is 17.8. The average molecular weight is 298 g/mol. The highest BCUT2D eigenvalue weighted by Crippen LogP contribution is 2.15. The molecule has 0 aliphatic carbocycles. The second kappa shape index (κ2) is 12.1. The molecule has 0 aliphatic heterocycles. The molecule has 126 valence electrons. The Morgan fingerprint density at radius 1 is 1.05 bits per heavy atom. The zero-order valence-electron chi connectivity index (χ0n) is 15.6. The largest absolute Gasteiger partial charge is 0.373 e. The topological polar surface area (TPSA) is 12.5 Å². The standard InChI is InChI=1S/C19H39NO/c1-8-12-16(5)14-17(6)20(13-9-2)15-18(7)21-19(10-3)11-4/h14,16,18-19H,8-13,15H2,1-7H3/b17-14+. The summed E-state index contributed by atoms with van der Waals surface area (Å²) in [6.07, 6.45) is 9.07. The molecular weight excluding hydrogens is 258 g/mol. The van der Waals surface area contributed by atoms with E-state index in [0.717, 1.165) is 25.9 Å². The van der Waals surface area contributed by atoms with Crippen molar-refractivity contribution >= 4 is 0 Å². The first kappa shape index (κ1) is 20.5. The number of hydrogen-bond acceptors (Lipinski definition) is 2. The first-order valence-electron chi connectivity index (χ1n) is 9.07. The molecule has 0 aromatic heterocycles. The Bertz CT molecular complexity index is 271. The van der Waals surface area contributed by atoms with Crippen molar-refractivity contribution in [2.45, 2.75) is 92.8 Å². The Morgan fingerprint density at radius 3 is 2.14 bits per heavy atom. The number of allylic oxidation sites excluding steroid dienone is 2. The second-order valence-corrected chi connectivity index (χ2v) is 6.41. The molecular formula is C19H39NO. The van der Waals surface area contributed by atoms with Crippen LogP contribution in [0.1, 0.15) is 80.6 Å². The maximum Gasteiger partial charge on any atom is 0.0725 e. The Morgan fingerprint density at radius 2 is 1.67 bits per heavy atom. The van der Waals surface area contributed by atoms with Gasteiger partial charge >= 0.3 is 0 Å². The molecule has 2 nitrogen and oxygen atoms in total. The molecule has 0 rings (SSSR count). The van der Waals surface area contributed by atoms with E-state index in [2.05, 4.69) is 59.4 Å². The average Bonchev–Trinajstić information content (AvgIpc) is 2.44. The molecule has 0 amide bonds. The van der Waals surface area contributed by atoms with Crippen LogP contribution in [0.25, 0.3) is 0 Å². The summed E-state index contributed by atoms with van der Waals surface area (Å²) >= 11 is 0. The van der Waals surface area contributed by atoms with E-state index in [1.807, 2.05) is 0 Å². The van der Waals surface area contributed by atoms with Crippen molar-refractivity contribution in [3.63, 3.8) is 0 Å². The maximum atomic E-state index is 6.16. The van der Waals surface area contributed by atoms with Gasteiger partial charge in [0.05, 0.1) is 12.2 Å². The van der Waals surface area contributed by atoms with Crippen LogP contribution in [0.5, 0.6) is 0 Å². The van der Waals surface area contributed by atoms with Gasteiger partial charge in [0, 0.05) is 18.8 Å². The Hall–Kier alpha value is -0.500. The first-order valence-corrected chi connectivity index (χ1v) is 9.07. The molecule has 0 radical (unpaired) electrons. The highest BCUT2D eigenvalue weighted by molar-refractivity contribution is 5.00. The van der Waals surface area contributed by atoms with Gasteiger partial charge in [0.1, 0.15) is 0 Å². The van der Waals surface area contributed by atoms with Gasteiger partial charge in [0.15, 0.2) is 0 Å². The molecule has 0 aromatic rings. The number of ether oxygens (including phenoxy) is 1. The summed E-state index contributed by atoms with van der Waals surface area (Å²) < 4.78 is 6.16. The fourth-order valence-electron chi connectivity index (χ4n) is 2.90. The lowest BCUT2D eigenvalue weighted by Crippen LogP contribution is -2.34. The molecule has 0 heterocycles. The smallest absolute Gasteiger partial charge is 0.0725 e. The van der Waals surface area contributed by atoms with Gasteiger partial charge in [-0.05, 0) is 45.4 Å². The minimum atomic E-state index is 0.297. The van der Waals surface area contributed by atoms with E-state index >= 15 is 0 Å². The van der Waals surface area contributed by atoms with Crippen LogP contribution in [-0.2, 0) is 4.74 Å². The van der Waals surface area contributed by atoms with Gasteiger partial charge < -0.3 is 9.64 Å². The summed E-state index contributed by atoms with van der Waals surface area (Å²) in [6, 6.07) is 0. The summed E-state index contributed by atoms with van der Waals surface area (Å²) in [4.78, 5) is 2.50. The van der Waals surface area contributed by atoms with E-state index in [1.165, 1.54) is 25.0 Å². The number of nitrogens with zero attached hydrogens (tertiary/aromatic N) is 1. The van der Waals surface area contributed by atoms with E-state index in [4.69, 9.17) is 4.74 Å². The number of hydrogen-bond donors (Lipinski definition) is 0. The molecule has 0 spiro atoms. The SMILES string of the molecule is CCCC(C)/C=C(\C)N(CCC)CC(C)OC(CC)CC. The van der Waals surface area contributed by atoms with E-state index in [1.54, 1.807) is 0 Å². The molecule has 0 fully saturated rings. The van der Waals surface area contributed by atoms with Crippen molar-refractivity contribution in [3.8, 4) is 0 Å². The van der Waals surface area contributed by atoms with Crippen molar-refractivity contribution in [1.82, 2.24) is 4.90 Å². The second-order valence-electron chi connectivity index (χ2n) is 6.41. The van der Waals surface area contributed by atoms with Crippen LogP contribution in [0, 0.1) is 5.92 Å². The minimum absolute atomic E-state index is 0.297. The fourth-order valence-corrected chi connectivity index (χ4v) is 2.90. The van der Waals surface area contributed by atoms with Gasteiger partial charge in [-0.15, -0.1) is 0 Å². The molecule has 0 bridgehead atoms. The molecule has 2 atom stereocenters. The van der Waals surface area contributed by atoms with Crippen LogP contribution in [0.15, 0.2) is 11.8 Å². The maximum absolute atomic E-state index is 6.16. The third kappa shape index (κ3) is 9.18. The fraction of sp³-hybridized carbons (Fsp3) is 0.895. The highest BCUT2D eigenvalue weighted by atomic mass is 16.5. The lowest BCUT2D eigenvalue weighted by molar-refractivity contribution is -0.0181.